The lowest BCUT2D eigenvalue weighted by molar-refractivity contribution is 0.101. The molecule has 0 saturated heterocycles. The Balaban J connectivity index is 1.53. The van der Waals surface area contributed by atoms with E-state index in [9.17, 15) is 14.0 Å². The number of aromatic nitrogens is 4. The number of nitrogens with one attached hydrogen (secondary N) is 2. The predicted octanol–water partition coefficient (Wildman–Crippen LogP) is 4.34. The minimum absolute atomic E-state index is 0.0733. The van der Waals surface area contributed by atoms with E-state index < -0.39 is 11.7 Å². The van der Waals surface area contributed by atoms with Crippen molar-refractivity contribution in [3.8, 4) is 5.69 Å². The number of anilines is 2. The topological polar surface area (TPSA) is 102 Å². The van der Waals surface area contributed by atoms with Crippen LogP contribution < -0.4 is 10.6 Å². The number of nitrogens with zero attached hydrogens (tertiary/aromatic N) is 4. The number of hydrogen-bond acceptors (Lipinski definition) is 6. The maximum absolute atomic E-state index is 13.9. The van der Waals surface area contributed by atoms with Crippen LogP contribution in [0.15, 0.2) is 71.9 Å². The van der Waals surface area contributed by atoms with Crippen molar-refractivity contribution >= 4 is 35.0 Å². The van der Waals surface area contributed by atoms with Crippen molar-refractivity contribution in [2.24, 2.45) is 0 Å². The summed E-state index contributed by atoms with van der Waals surface area (Å²) in [6.07, 6.45) is 1.87. The number of carbonyl (C=O) groups is 2. The van der Waals surface area contributed by atoms with Crippen LogP contribution in [0.1, 0.15) is 26.3 Å². The van der Waals surface area contributed by atoms with Crippen molar-refractivity contribution in [1.29, 1.82) is 0 Å². The Morgan fingerprint density at radius 2 is 1.79 bits per heavy atom. The van der Waals surface area contributed by atoms with Gasteiger partial charge in [-0.15, -0.1) is 5.10 Å². The van der Waals surface area contributed by atoms with Gasteiger partial charge >= 0.3 is 0 Å². The number of aryl methyl sites for hydroxylation is 1. The van der Waals surface area contributed by atoms with Crippen LogP contribution in [0.2, 0.25) is 0 Å². The number of rotatable bonds is 6. The Labute approximate surface area is 193 Å². The SMILES string of the molecule is CSc1nnnn1-c1cccc(NC(=O)c2ccc(C)c(NC(=O)c3ccccc3F)c2)c1. The summed E-state index contributed by atoms with van der Waals surface area (Å²) in [4.78, 5) is 25.4. The van der Waals surface area contributed by atoms with E-state index in [0.29, 0.717) is 27.8 Å². The Kier molecular flexibility index (Phi) is 6.45. The molecule has 4 aromatic rings. The van der Waals surface area contributed by atoms with Crippen LogP contribution in [0.3, 0.4) is 0 Å². The van der Waals surface area contributed by atoms with Crippen molar-refractivity contribution in [1.82, 2.24) is 20.2 Å². The molecule has 0 aliphatic heterocycles. The smallest absolute Gasteiger partial charge is 0.258 e. The Hall–Kier alpha value is -4.05. The lowest BCUT2D eigenvalue weighted by Gasteiger charge is -2.12. The molecule has 1 heterocycles. The number of benzene rings is 3. The Morgan fingerprint density at radius 1 is 0.970 bits per heavy atom. The quantitative estimate of drug-likeness (QED) is 0.414. The molecular formula is C23H19FN6O2S. The third kappa shape index (κ3) is 4.90. The van der Waals surface area contributed by atoms with E-state index >= 15 is 0 Å². The summed E-state index contributed by atoms with van der Waals surface area (Å²) in [7, 11) is 0. The highest BCUT2D eigenvalue weighted by atomic mass is 32.2. The molecule has 0 bridgehead atoms. The summed E-state index contributed by atoms with van der Waals surface area (Å²) in [6, 6.07) is 17.8. The zero-order valence-electron chi connectivity index (χ0n) is 17.7. The largest absolute Gasteiger partial charge is 0.322 e. The fourth-order valence-corrected chi connectivity index (χ4v) is 3.55. The van der Waals surface area contributed by atoms with Crippen LogP contribution in [-0.2, 0) is 0 Å². The standard InChI is InChI=1S/C23H19FN6O2S/c1-14-10-11-15(12-20(14)26-22(32)18-8-3-4-9-19(18)24)21(31)25-16-6-5-7-17(13-16)30-23(33-2)27-28-29-30/h3-13H,1-2H3,(H,25,31)(H,26,32). The molecule has 166 valence electrons. The number of amides is 2. The van der Waals surface area contributed by atoms with Crippen molar-refractivity contribution in [2.75, 3.05) is 16.9 Å². The van der Waals surface area contributed by atoms with Gasteiger partial charge < -0.3 is 10.6 Å². The van der Waals surface area contributed by atoms with E-state index in [1.165, 1.54) is 30.0 Å². The molecule has 3 aromatic carbocycles. The normalized spacial score (nSPS) is 10.6. The van der Waals surface area contributed by atoms with Crippen LogP contribution in [0, 0.1) is 12.7 Å². The fourth-order valence-electron chi connectivity index (χ4n) is 3.12. The van der Waals surface area contributed by atoms with Gasteiger partial charge in [-0.25, -0.2) is 4.39 Å². The number of tetrazole rings is 1. The van der Waals surface area contributed by atoms with Gasteiger partial charge in [0.15, 0.2) is 0 Å². The molecule has 33 heavy (non-hydrogen) atoms. The molecule has 0 fully saturated rings. The van der Waals surface area contributed by atoms with Crippen LogP contribution >= 0.6 is 11.8 Å². The molecule has 0 radical (unpaired) electrons. The van der Waals surface area contributed by atoms with E-state index in [4.69, 9.17) is 0 Å². The first-order valence-electron chi connectivity index (χ1n) is 9.87. The molecular weight excluding hydrogens is 443 g/mol. The van der Waals surface area contributed by atoms with Gasteiger partial charge in [0.05, 0.1) is 11.3 Å². The highest BCUT2D eigenvalue weighted by molar-refractivity contribution is 7.98. The molecule has 1 aromatic heterocycles. The monoisotopic (exact) mass is 462 g/mol. The summed E-state index contributed by atoms with van der Waals surface area (Å²) in [6.45, 7) is 1.79. The molecule has 8 nitrogen and oxygen atoms in total. The van der Waals surface area contributed by atoms with Gasteiger partial charge in [0.25, 0.3) is 11.8 Å². The maximum atomic E-state index is 13.9. The fraction of sp³-hybridized carbons (Fsp3) is 0.0870. The van der Waals surface area contributed by atoms with Gasteiger partial charge in [-0.3, -0.25) is 9.59 Å². The number of thioether (sulfide) groups is 1. The number of halogens is 1. The van der Waals surface area contributed by atoms with Crippen molar-refractivity contribution in [3.05, 3.63) is 89.2 Å². The van der Waals surface area contributed by atoms with Gasteiger partial charge in [0.1, 0.15) is 5.82 Å². The van der Waals surface area contributed by atoms with Crippen molar-refractivity contribution in [2.45, 2.75) is 12.1 Å². The predicted molar refractivity (Wildman–Crippen MR) is 124 cm³/mol. The summed E-state index contributed by atoms with van der Waals surface area (Å²) in [5, 5.41) is 17.7. The highest BCUT2D eigenvalue weighted by Crippen LogP contribution is 2.22. The van der Waals surface area contributed by atoms with E-state index in [2.05, 4.69) is 26.2 Å². The summed E-state index contributed by atoms with van der Waals surface area (Å²) < 4.78 is 15.5. The van der Waals surface area contributed by atoms with Gasteiger partial charge in [-0.2, -0.15) is 4.68 Å². The second kappa shape index (κ2) is 9.61. The summed E-state index contributed by atoms with van der Waals surface area (Å²) in [5.41, 5.74) is 2.67. The average Bonchev–Trinajstić information content (AvgIpc) is 3.30. The minimum atomic E-state index is -0.617. The van der Waals surface area contributed by atoms with Crippen LogP contribution in [0.5, 0.6) is 0 Å². The molecule has 0 atom stereocenters. The van der Waals surface area contributed by atoms with Gasteiger partial charge in [-0.1, -0.05) is 36.0 Å². The van der Waals surface area contributed by atoms with Gasteiger partial charge in [-0.05, 0) is 71.6 Å². The van der Waals surface area contributed by atoms with E-state index in [-0.39, 0.29) is 11.5 Å². The minimum Gasteiger partial charge on any atom is -0.322 e. The Morgan fingerprint density at radius 3 is 2.58 bits per heavy atom. The molecule has 10 heteroatoms. The summed E-state index contributed by atoms with van der Waals surface area (Å²) in [5.74, 6) is -1.57. The first-order chi connectivity index (χ1) is 16.0. The zero-order chi connectivity index (χ0) is 23.4. The number of carbonyl (C=O) groups excluding carboxylic acids is 2. The molecule has 0 aliphatic carbocycles. The molecule has 0 saturated carbocycles. The molecule has 2 N–H and O–H groups in total. The van der Waals surface area contributed by atoms with E-state index in [1.807, 2.05) is 12.3 Å². The molecule has 0 unspecified atom stereocenters. The van der Waals surface area contributed by atoms with Crippen LogP contribution in [0.25, 0.3) is 5.69 Å². The molecule has 2 amide bonds. The second-order valence-corrected chi connectivity index (χ2v) is 7.82. The molecule has 0 spiro atoms. The van der Waals surface area contributed by atoms with Gasteiger partial charge in [0, 0.05) is 16.9 Å². The first kappa shape index (κ1) is 22.2. The first-order valence-corrected chi connectivity index (χ1v) is 11.1. The second-order valence-electron chi connectivity index (χ2n) is 7.05. The lowest BCUT2D eigenvalue weighted by Crippen LogP contribution is -2.16. The zero-order valence-corrected chi connectivity index (χ0v) is 18.6. The van der Waals surface area contributed by atoms with Crippen LogP contribution in [0.4, 0.5) is 15.8 Å². The average molecular weight is 463 g/mol. The third-order valence-electron chi connectivity index (χ3n) is 4.84. The highest BCUT2D eigenvalue weighted by Gasteiger charge is 2.15. The maximum Gasteiger partial charge on any atom is 0.258 e. The third-order valence-corrected chi connectivity index (χ3v) is 5.46. The molecule has 4 rings (SSSR count). The number of hydrogen-bond donors (Lipinski definition) is 2. The summed E-state index contributed by atoms with van der Waals surface area (Å²) >= 11 is 1.40. The van der Waals surface area contributed by atoms with Crippen LogP contribution in [-0.4, -0.2) is 38.3 Å². The van der Waals surface area contributed by atoms with Crippen molar-refractivity contribution < 1.29 is 14.0 Å². The van der Waals surface area contributed by atoms with E-state index in [0.717, 1.165) is 5.56 Å². The van der Waals surface area contributed by atoms with Crippen molar-refractivity contribution in [3.63, 3.8) is 0 Å². The van der Waals surface area contributed by atoms with Gasteiger partial charge in [0.2, 0.25) is 5.16 Å². The molecule has 0 aliphatic rings. The van der Waals surface area contributed by atoms with E-state index in [1.54, 1.807) is 54.1 Å². The lowest BCUT2D eigenvalue weighted by atomic mass is 10.1. The Bertz CT molecular complexity index is 1340.